The molecule has 0 spiro atoms. The highest BCUT2D eigenvalue weighted by Gasteiger charge is 2.53. The molecule has 1 amide bonds. The van der Waals surface area contributed by atoms with Gasteiger partial charge in [-0.2, -0.15) is 0 Å². The van der Waals surface area contributed by atoms with E-state index in [4.69, 9.17) is 14.2 Å². The largest absolute Gasteiger partial charge is 0.493 e. The Morgan fingerprint density at radius 3 is 2.24 bits per heavy atom. The van der Waals surface area contributed by atoms with Crippen LogP contribution < -0.4 is 14.8 Å². The molecule has 1 aromatic rings. The van der Waals surface area contributed by atoms with Gasteiger partial charge in [0.2, 0.25) is 0 Å². The highest BCUT2D eigenvalue weighted by atomic mass is 16.5. The SMILES string of the molecule is COC(=O)c1ccc(OCC(=O)N[C@H](C)C23CC4CC(CC(C4)C2)C3)c(OC)c1. The topological polar surface area (TPSA) is 73.9 Å². The standard InChI is InChI=1S/C23H31NO5/c1-14(23-10-15-6-16(11-23)8-17(7-15)12-23)24-21(25)13-29-19-5-4-18(22(26)28-3)9-20(19)27-2/h4-5,9,14-17H,6-8,10-13H2,1-3H3,(H,24,25)/t14-,15?,16?,17?,23?/m1/s1. The lowest BCUT2D eigenvalue weighted by Gasteiger charge is -2.59. The zero-order chi connectivity index (χ0) is 20.6. The van der Waals surface area contributed by atoms with Crippen molar-refractivity contribution in [1.82, 2.24) is 5.32 Å². The van der Waals surface area contributed by atoms with Gasteiger partial charge in [-0.1, -0.05) is 0 Å². The van der Waals surface area contributed by atoms with Crippen LogP contribution in [-0.4, -0.2) is 38.7 Å². The molecule has 0 unspecified atom stereocenters. The third kappa shape index (κ3) is 3.94. The van der Waals surface area contributed by atoms with Crippen LogP contribution in [0, 0.1) is 23.2 Å². The molecule has 0 aliphatic heterocycles. The molecule has 0 saturated heterocycles. The van der Waals surface area contributed by atoms with E-state index in [1.165, 1.54) is 52.7 Å². The number of hydrogen-bond acceptors (Lipinski definition) is 5. The first kappa shape index (κ1) is 20.0. The van der Waals surface area contributed by atoms with E-state index in [-0.39, 0.29) is 24.0 Å². The molecule has 4 fully saturated rings. The Labute approximate surface area is 172 Å². The summed E-state index contributed by atoms with van der Waals surface area (Å²) in [6.07, 6.45) is 7.94. The van der Waals surface area contributed by atoms with Crippen molar-refractivity contribution < 1.29 is 23.8 Å². The molecule has 0 radical (unpaired) electrons. The molecule has 158 valence electrons. The molecule has 29 heavy (non-hydrogen) atoms. The van der Waals surface area contributed by atoms with Crippen LogP contribution >= 0.6 is 0 Å². The van der Waals surface area contributed by atoms with E-state index in [9.17, 15) is 9.59 Å². The fraction of sp³-hybridized carbons (Fsp3) is 0.652. The minimum absolute atomic E-state index is 0.0787. The number of nitrogens with one attached hydrogen (secondary N) is 1. The van der Waals surface area contributed by atoms with Crippen molar-refractivity contribution in [3.63, 3.8) is 0 Å². The molecule has 0 aromatic heterocycles. The molecule has 4 saturated carbocycles. The van der Waals surface area contributed by atoms with E-state index in [0.717, 1.165) is 17.8 Å². The number of methoxy groups -OCH3 is 2. The summed E-state index contributed by atoms with van der Waals surface area (Å²) in [6, 6.07) is 4.94. The number of benzene rings is 1. The number of amides is 1. The molecule has 4 aliphatic carbocycles. The zero-order valence-electron chi connectivity index (χ0n) is 17.5. The minimum Gasteiger partial charge on any atom is -0.493 e. The summed E-state index contributed by atoms with van der Waals surface area (Å²) in [7, 11) is 2.83. The van der Waals surface area contributed by atoms with Gasteiger partial charge in [-0.25, -0.2) is 4.79 Å². The third-order valence-corrected chi connectivity index (χ3v) is 7.33. The van der Waals surface area contributed by atoms with Crippen molar-refractivity contribution in [3.05, 3.63) is 23.8 Å². The maximum absolute atomic E-state index is 12.6. The van der Waals surface area contributed by atoms with Gasteiger partial charge in [-0.05, 0) is 86.8 Å². The van der Waals surface area contributed by atoms with E-state index in [1.807, 2.05) is 0 Å². The molecule has 5 rings (SSSR count). The van der Waals surface area contributed by atoms with Gasteiger partial charge in [0.05, 0.1) is 19.8 Å². The lowest BCUT2D eigenvalue weighted by Crippen LogP contribution is -2.56. The second kappa shape index (κ2) is 7.88. The predicted octanol–water partition coefficient (Wildman–Crippen LogP) is 3.58. The van der Waals surface area contributed by atoms with Gasteiger partial charge in [0.15, 0.2) is 18.1 Å². The Hall–Kier alpha value is -2.24. The van der Waals surface area contributed by atoms with Crippen molar-refractivity contribution in [1.29, 1.82) is 0 Å². The van der Waals surface area contributed by atoms with Gasteiger partial charge in [0.1, 0.15) is 0 Å². The normalized spacial score (nSPS) is 30.5. The summed E-state index contributed by atoms with van der Waals surface area (Å²) in [6.45, 7) is 2.08. The van der Waals surface area contributed by atoms with Crippen LogP contribution in [0.25, 0.3) is 0 Å². The highest BCUT2D eigenvalue weighted by Crippen LogP contribution is 2.61. The molecule has 4 aliphatic rings. The second-order valence-electron chi connectivity index (χ2n) is 9.22. The average Bonchev–Trinajstić information content (AvgIpc) is 2.70. The van der Waals surface area contributed by atoms with Crippen LogP contribution in [0.5, 0.6) is 11.5 Å². The fourth-order valence-electron chi connectivity index (χ4n) is 6.32. The molecule has 6 nitrogen and oxygen atoms in total. The van der Waals surface area contributed by atoms with E-state index < -0.39 is 5.97 Å². The summed E-state index contributed by atoms with van der Waals surface area (Å²) in [4.78, 5) is 24.3. The molecule has 1 N–H and O–H groups in total. The van der Waals surface area contributed by atoms with Gasteiger partial charge in [0, 0.05) is 6.04 Å². The van der Waals surface area contributed by atoms with Crippen molar-refractivity contribution in [2.24, 2.45) is 23.2 Å². The number of rotatable bonds is 7. The molecule has 1 atom stereocenters. The lowest BCUT2D eigenvalue weighted by atomic mass is 9.48. The van der Waals surface area contributed by atoms with E-state index in [2.05, 4.69) is 12.2 Å². The average molecular weight is 402 g/mol. The van der Waals surface area contributed by atoms with Crippen LogP contribution in [0.2, 0.25) is 0 Å². The smallest absolute Gasteiger partial charge is 0.337 e. The van der Waals surface area contributed by atoms with Crippen molar-refractivity contribution in [3.8, 4) is 11.5 Å². The van der Waals surface area contributed by atoms with Crippen molar-refractivity contribution in [2.45, 2.75) is 51.5 Å². The second-order valence-corrected chi connectivity index (χ2v) is 9.22. The van der Waals surface area contributed by atoms with Gasteiger partial charge in [0.25, 0.3) is 5.91 Å². The molecular formula is C23H31NO5. The molecule has 1 aromatic carbocycles. The fourth-order valence-corrected chi connectivity index (χ4v) is 6.32. The Balaban J connectivity index is 1.35. The van der Waals surface area contributed by atoms with Crippen molar-refractivity contribution in [2.75, 3.05) is 20.8 Å². The molecule has 4 bridgehead atoms. The van der Waals surface area contributed by atoms with E-state index in [1.54, 1.807) is 18.2 Å². The van der Waals surface area contributed by atoms with Gasteiger partial charge in [-0.15, -0.1) is 0 Å². The third-order valence-electron chi connectivity index (χ3n) is 7.33. The van der Waals surface area contributed by atoms with Crippen LogP contribution in [0.4, 0.5) is 0 Å². The monoisotopic (exact) mass is 401 g/mol. The Bertz CT molecular complexity index is 754. The summed E-state index contributed by atoms with van der Waals surface area (Å²) in [5, 5.41) is 3.20. The zero-order valence-corrected chi connectivity index (χ0v) is 17.5. The minimum atomic E-state index is -0.447. The first-order chi connectivity index (χ1) is 13.9. The van der Waals surface area contributed by atoms with Gasteiger partial charge >= 0.3 is 5.97 Å². The Kier molecular flexibility index (Phi) is 5.45. The van der Waals surface area contributed by atoms with Crippen LogP contribution in [-0.2, 0) is 9.53 Å². The van der Waals surface area contributed by atoms with Gasteiger partial charge in [-0.3, -0.25) is 4.79 Å². The first-order valence-corrected chi connectivity index (χ1v) is 10.6. The summed E-state index contributed by atoms with van der Waals surface area (Å²) < 4.78 is 15.7. The Morgan fingerprint density at radius 1 is 1.07 bits per heavy atom. The van der Waals surface area contributed by atoms with Crippen molar-refractivity contribution >= 4 is 11.9 Å². The van der Waals surface area contributed by atoms with E-state index in [0.29, 0.717) is 17.1 Å². The number of carbonyl (C=O) groups excluding carboxylic acids is 2. The summed E-state index contributed by atoms with van der Waals surface area (Å²) >= 11 is 0. The number of carbonyl (C=O) groups is 2. The maximum Gasteiger partial charge on any atom is 0.337 e. The molecule has 6 heteroatoms. The number of ether oxygens (including phenoxy) is 3. The number of esters is 1. The quantitative estimate of drug-likeness (QED) is 0.707. The number of hydrogen-bond donors (Lipinski definition) is 1. The van der Waals surface area contributed by atoms with Crippen LogP contribution in [0.3, 0.4) is 0 Å². The Morgan fingerprint density at radius 2 is 1.69 bits per heavy atom. The van der Waals surface area contributed by atoms with Crippen LogP contribution in [0.15, 0.2) is 18.2 Å². The molecular weight excluding hydrogens is 370 g/mol. The molecule has 0 heterocycles. The first-order valence-electron chi connectivity index (χ1n) is 10.6. The van der Waals surface area contributed by atoms with Gasteiger partial charge < -0.3 is 19.5 Å². The summed E-state index contributed by atoms with van der Waals surface area (Å²) in [5.74, 6) is 2.83. The van der Waals surface area contributed by atoms with Crippen LogP contribution in [0.1, 0.15) is 55.8 Å². The highest BCUT2D eigenvalue weighted by molar-refractivity contribution is 5.90. The summed E-state index contributed by atoms with van der Waals surface area (Å²) in [5.41, 5.74) is 0.640. The maximum atomic E-state index is 12.6. The lowest BCUT2D eigenvalue weighted by molar-refractivity contribution is -0.127. The predicted molar refractivity (Wildman–Crippen MR) is 108 cm³/mol. The van der Waals surface area contributed by atoms with E-state index >= 15 is 0 Å².